The van der Waals surface area contributed by atoms with Crippen LogP contribution in [0, 0.1) is 0 Å². The topological polar surface area (TPSA) is 46.3 Å². The number of benzene rings is 2. The SMILES string of the molecule is CCN(Cc1ccccc1)C(=O)/C=C/c1ccc(Cl)c(N)c1. The minimum absolute atomic E-state index is 0.0279. The Morgan fingerprint density at radius 3 is 2.59 bits per heavy atom. The summed E-state index contributed by atoms with van der Waals surface area (Å²) in [6, 6.07) is 15.2. The highest BCUT2D eigenvalue weighted by molar-refractivity contribution is 6.33. The Kier molecular flexibility index (Phi) is 5.61. The fourth-order valence-corrected chi connectivity index (χ4v) is 2.21. The van der Waals surface area contributed by atoms with E-state index in [1.54, 1.807) is 29.2 Å². The predicted octanol–water partition coefficient (Wildman–Crippen LogP) is 3.98. The molecule has 0 aliphatic carbocycles. The molecule has 0 fully saturated rings. The highest BCUT2D eigenvalue weighted by atomic mass is 35.5. The zero-order chi connectivity index (χ0) is 15.9. The van der Waals surface area contributed by atoms with Crippen LogP contribution in [0.4, 0.5) is 5.69 Å². The molecule has 3 nitrogen and oxygen atoms in total. The molecule has 0 unspecified atom stereocenters. The van der Waals surface area contributed by atoms with Crippen molar-refractivity contribution in [2.45, 2.75) is 13.5 Å². The van der Waals surface area contributed by atoms with Crippen LogP contribution < -0.4 is 5.73 Å². The van der Waals surface area contributed by atoms with Gasteiger partial charge < -0.3 is 10.6 Å². The third-order valence-corrected chi connectivity index (χ3v) is 3.69. The number of nitrogens with two attached hydrogens (primary N) is 1. The highest BCUT2D eigenvalue weighted by Crippen LogP contribution is 2.20. The summed E-state index contributed by atoms with van der Waals surface area (Å²) in [5.74, 6) is -0.0279. The molecular formula is C18H19ClN2O. The second-order valence-corrected chi connectivity index (χ2v) is 5.36. The first kappa shape index (κ1) is 16.1. The summed E-state index contributed by atoms with van der Waals surface area (Å²) >= 11 is 5.88. The molecule has 0 radical (unpaired) electrons. The zero-order valence-electron chi connectivity index (χ0n) is 12.5. The second-order valence-electron chi connectivity index (χ2n) is 4.95. The van der Waals surface area contributed by atoms with E-state index in [1.807, 2.05) is 43.3 Å². The van der Waals surface area contributed by atoms with Crippen molar-refractivity contribution >= 4 is 29.3 Å². The van der Waals surface area contributed by atoms with Crippen LogP contribution >= 0.6 is 11.6 Å². The van der Waals surface area contributed by atoms with E-state index in [0.29, 0.717) is 23.8 Å². The van der Waals surface area contributed by atoms with Crippen molar-refractivity contribution in [1.82, 2.24) is 4.90 Å². The van der Waals surface area contributed by atoms with Crippen LogP contribution in [-0.4, -0.2) is 17.4 Å². The Labute approximate surface area is 136 Å². The number of amides is 1. The Morgan fingerprint density at radius 1 is 1.23 bits per heavy atom. The van der Waals surface area contributed by atoms with Gasteiger partial charge in [-0.25, -0.2) is 0 Å². The van der Waals surface area contributed by atoms with Crippen molar-refractivity contribution in [2.75, 3.05) is 12.3 Å². The van der Waals surface area contributed by atoms with Crippen molar-refractivity contribution in [1.29, 1.82) is 0 Å². The van der Waals surface area contributed by atoms with Crippen molar-refractivity contribution in [3.05, 3.63) is 70.8 Å². The molecule has 0 atom stereocenters. The van der Waals surface area contributed by atoms with Crippen LogP contribution in [0.5, 0.6) is 0 Å². The van der Waals surface area contributed by atoms with Crippen molar-refractivity contribution < 1.29 is 4.79 Å². The molecule has 2 aromatic carbocycles. The van der Waals surface area contributed by atoms with Gasteiger partial charge in [-0.05, 0) is 36.3 Å². The zero-order valence-corrected chi connectivity index (χ0v) is 13.3. The highest BCUT2D eigenvalue weighted by Gasteiger charge is 2.08. The van der Waals surface area contributed by atoms with Gasteiger partial charge in [0.25, 0.3) is 0 Å². The summed E-state index contributed by atoms with van der Waals surface area (Å²) in [5, 5.41) is 0.516. The van der Waals surface area contributed by atoms with Gasteiger partial charge in [-0.1, -0.05) is 48.0 Å². The summed E-state index contributed by atoms with van der Waals surface area (Å²) in [6.07, 6.45) is 3.32. The average molecular weight is 315 g/mol. The van der Waals surface area contributed by atoms with Gasteiger partial charge >= 0.3 is 0 Å². The number of carbonyl (C=O) groups is 1. The quantitative estimate of drug-likeness (QED) is 0.670. The van der Waals surface area contributed by atoms with Gasteiger partial charge in [-0.15, -0.1) is 0 Å². The lowest BCUT2D eigenvalue weighted by molar-refractivity contribution is -0.126. The van der Waals surface area contributed by atoms with Gasteiger partial charge in [0, 0.05) is 19.2 Å². The third-order valence-electron chi connectivity index (χ3n) is 3.35. The Morgan fingerprint density at radius 2 is 1.95 bits per heavy atom. The molecule has 4 heteroatoms. The summed E-state index contributed by atoms with van der Waals surface area (Å²) in [7, 11) is 0. The van der Waals surface area contributed by atoms with Gasteiger partial charge in [0.2, 0.25) is 5.91 Å². The summed E-state index contributed by atoms with van der Waals surface area (Å²) in [6.45, 7) is 3.22. The first-order valence-electron chi connectivity index (χ1n) is 7.16. The van der Waals surface area contributed by atoms with E-state index < -0.39 is 0 Å². The summed E-state index contributed by atoms with van der Waals surface area (Å²) < 4.78 is 0. The molecule has 0 saturated carbocycles. The smallest absolute Gasteiger partial charge is 0.246 e. The van der Waals surface area contributed by atoms with E-state index in [9.17, 15) is 4.79 Å². The lowest BCUT2D eigenvalue weighted by atomic mass is 10.2. The van der Waals surface area contributed by atoms with E-state index in [0.717, 1.165) is 11.1 Å². The summed E-state index contributed by atoms with van der Waals surface area (Å²) in [5.41, 5.74) is 8.23. The summed E-state index contributed by atoms with van der Waals surface area (Å²) in [4.78, 5) is 14.1. The maximum absolute atomic E-state index is 12.3. The van der Waals surface area contributed by atoms with Gasteiger partial charge in [-0.2, -0.15) is 0 Å². The van der Waals surface area contributed by atoms with Gasteiger partial charge in [0.05, 0.1) is 10.7 Å². The molecule has 2 rings (SSSR count). The van der Waals surface area contributed by atoms with E-state index in [-0.39, 0.29) is 5.91 Å². The number of anilines is 1. The Balaban J connectivity index is 2.05. The molecule has 0 bridgehead atoms. The van der Waals surface area contributed by atoms with Crippen LogP contribution in [0.3, 0.4) is 0 Å². The lowest BCUT2D eigenvalue weighted by Crippen LogP contribution is -2.28. The van der Waals surface area contributed by atoms with E-state index in [2.05, 4.69) is 0 Å². The molecule has 0 heterocycles. The molecular weight excluding hydrogens is 296 g/mol. The molecule has 0 aliphatic heterocycles. The predicted molar refractivity (Wildman–Crippen MR) is 92.4 cm³/mol. The number of hydrogen-bond donors (Lipinski definition) is 1. The number of rotatable bonds is 5. The largest absolute Gasteiger partial charge is 0.398 e. The standard InChI is InChI=1S/C18H19ClN2O/c1-2-21(13-15-6-4-3-5-7-15)18(22)11-9-14-8-10-16(19)17(20)12-14/h3-12H,2,13,20H2,1H3/b11-9+. The van der Waals surface area contributed by atoms with Crippen LogP contribution in [-0.2, 0) is 11.3 Å². The molecule has 0 saturated heterocycles. The minimum Gasteiger partial charge on any atom is -0.398 e. The maximum atomic E-state index is 12.3. The Bertz CT molecular complexity index is 668. The first-order valence-corrected chi connectivity index (χ1v) is 7.54. The van der Waals surface area contributed by atoms with E-state index >= 15 is 0 Å². The Hall–Kier alpha value is -2.26. The number of likely N-dealkylation sites (N-methyl/N-ethyl adjacent to an activating group) is 1. The van der Waals surface area contributed by atoms with Gasteiger partial charge in [-0.3, -0.25) is 4.79 Å². The van der Waals surface area contributed by atoms with E-state index in [4.69, 9.17) is 17.3 Å². The number of nitrogens with zero attached hydrogens (tertiary/aromatic N) is 1. The monoisotopic (exact) mass is 314 g/mol. The molecule has 0 aromatic heterocycles. The molecule has 0 aliphatic rings. The lowest BCUT2D eigenvalue weighted by Gasteiger charge is -2.19. The van der Waals surface area contributed by atoms with Gasteiger partial charge in [0.1, 0.15) is 0 Å². The van der Waals surface area contributed by atoms with Crippen molar-refractivity contribution in [3.63, 3.8) is 0 Å². The third kappa shape index (κ3) is 4.37. The van der Waals surface area contributed by atoms with E-state index in [1.165, 1.54) is 0 Å². The fourth-order valence-electron chi connectivity index (χ4n) is 2.09. The molecule has 2 N–H and O–H groups in total. The van der Waals surface area contributed by atoms with Crippen LogP contribution in [0.1, 0.15) is 18.1 Å². The van der Waals surface area contributed by atoms with Crippen LogP contribution in [0.25, 0.3) is 6.08 Å². The number of nitrogen functional groups attached to an aromatic ring is 1. The minimum atomic E-state index is -0.0279. The molecule has 114 valence electrons. The normalized spacial score (nSPS) is 10.8. The maximum Gasteiger partial charge on any atom is 0.246 e. The molecule has 2 aromatic rings. The van der Waals surface area contributed by atoms with Crippen molar-refractivity contribution in [2.24, 2.45) is 0 Å². The van der Waals surface area contributed by atoms with Crippen molar-refractivity contribution in [3.8, 4) is 0 Å². The molecule has 1 amide bonds. The molecule has 22 heavy (non-hydrogen) atoms. The van der Waals surface area contributed by atoms with Crippen LogP contribution in [0.15, 0.2) is 54.6 Å². The number of halogens is 1. The fraction of sp³-hybridized carbons (Fsp3) is 0.167. The first-order chi connectivity index (χ1) is 10.6. The molecule has 0 spiro atoms. The number of hydrogen-bond acceptors (Lipinski definition) is 2. The number of carbonyl (C=O) groups excluding carboxylic acids is 1. The second kappa shape index (κ2) is 7.66. The van der Waals surface area contributed by atoms with Gasteiger partial charge in [0.15, 0.2) is 0 Å². The van der Waals surface area contributed by atoms with Crippen LogP contribution in [0.2, 0.25) is 5.02 Å². The average Bonchev–Trinajstić information content (AvgIpc) is 2.54.